The minimum absolute atomic E-state index is 0.289. The van der Waals surface area contributed by atoms with Crippen molar-refractivity contribution in [2.75, 3.05) is 13.1 Å². The Morgan fingerprint density at radius 2 is 2.24 bits per heavy atom. The first-order valence-corrected chi connectivity index (χ1v) is 7.94. The van der Waals surface area contributed by atoms with Gasteiger partial charge in [-0.25, -0.2) is 0 Å². The summed E-state index contributed by atoms with van der Waals surface area (Å²) in [4.78, 5) is 14.4. The molecule has 0 unspecified atom stereocenters. The first-order chi connectivity index (χ1) is 10.0. The fourth-order valence-corrected chi connectivity index (χ4v) is 3.20. The predicted octanol–water partition coefficient (Wildman–Crippen LogP) is 2.88. The van der Waals surface area contributed by atoms with Crippen LogP contribution in [0.25, 0.3) is 0 Å². The zero-order valence-electron chi connectivity index (χ0n) is 13.6. The zero-order valence-corrected chi connectivity index (χ0v) is 13.6. The quantitative estimate of drug-likeness (QED) is 0.782. The van der Waals surface area contributed by atoms with E-state index in [1.165, 1.54) is 12.0 Å². The van der Waals surface area contributed by atoms with Crippen LogP contribution in [0.3, 0.4) is 0 Å². The SMILES string of the molecule is C=CCn1nc(C)c(CCC(=O)N2CCC[C@@H](C)C2)c1C. The van der Waals surface area contributed by atoms with Gasteiger partial charge in [-0.3, -0.25) is 9.48 Å². The van der Waals surface area contributed by atoms with Gasteiger partial charge in [0.2, 0.25) is 5.91 Å². The second kappa shape index (κ2) is 6.92. The Morgan fingerprint density at radius 1 is 1.48 bits per heavy atom. The summed E-state index contributed by atoms with van der Waals surface area (Å²) in [5.41, 5.74) is 3.41. The van der Waals surface area contributed by atoms with Gasteiger partial charge in [-0.15, -0.1) is 6.58 Å². The predicted molar refractivity (Wildman–Crippen MR) is 85.2 cm³/mol. The lowest BCUT2D eigenvalue weighted by Gasteiger charge is -2.31. The van der Waals surface area contributed by atoms with Gasteiger partial charge in [0.1, 0.15) is 0 Å². The Kier molecular flexibility index (Phi) is 5.21. The van der Waals surface area contributed by atoms with Gasteiger partial charge in [-0.05, 0) is 44.6 Å². The molecule has 0 aliphatic carbocycles. The van der Waals surface area contributed by atoms with E-state index in [9.17, 15) is 4.79 Å². The molecule has 1 aliphatic heterocycles. The van der Waals surface area contributed by atoms with Gasteiger partial charge in [-0.2, -0.15) is 5.10 Å². The molecule has 4 nitrogen and oxygen atoms in total. The van der Waals surface area contributed by atoms with Crippen molar-refractivity contribution in [2.45, 2.75) is 53.0 Å². The molecule has 1 aromatic heterocycles. The molecule has 4 heteroatoms. The summed E-state index contributed by atoms with van der Waals surface area (Å²) in [7, 11) is 0. The van der Waals surface area contributed by atoms with E-state index in [2.05, 4.69) is 25.5 Å². The molecule has 0 bridgehead atoms. The Hall–Kier alpha value is -1.58. The van der Waals surface area contributed by atoms with Gasteiger partial charge < -0.3 is 4.90 Å². The molecule has 1 aliphatic rings. The third kappa shape index (κ3) is 3.74. The minimum atomic E-state index is 0.289. The largest absolute Gasteiger partial charge is 0.342 e. The van der Waals surface area contributed by atoms with Crippen molar-refractivity contribution < 1.29 is 4.79 Å². The normalized spacial score (nSPS) is 18.8. The fourth-order valence-electron chi connectivity index (χ4n) is 3.20. The third-order valence-electron chi connectivity index (χ3n) is 4.43. The number of aryl methyl sites for hydroxylation is 1. The zero-order chi connectivity index (χ0) is 15.4. The molecular weight excluding hydrogens is 262 g/mol. The van der Waals surface area contributed by atoms with Crippen LogP contribution in [0.4, 0.5) is 0 Å². The summed E-state index contributed by atoms with van der Waals surface area (Å²) in [6, 6.07) is 0. The van der Waals surface area contributed by atoms with Crippen LogP contribution in [0, 0.1) is 19.8 Å². The Morgan fingerprint density at radius 3 is 2.90 bits per heavy atom. The number of carbonyl (C=O) groups is 1. The number of piperidine rings is 1. The van der Waals surface area contributed by atoms with Crippen molar-refractivity contribution in [2.24, 2.45) is 5.92 Å². The number of aromatic nitrogens is 2. The molecule has 1 aromatic rings. The van der Waals surface area contributed by atoms with Gasteiger partial charge in [0.25, 0.3) is 0 Å². The van der Waals surface area contributed by atoms with E-state index in [1.807, 2.05) is 22.6 Å². The second-order valence-corrected chi connectivity index (χ2v) is 6.21. The van der Waals surface area contributed by atoms with Gasteiger partial charge >= 0.3 is 0 Å². The van der Waals surface area contributed by atoms with Gasteiger partial charge in [0.15, 0.2) is 0 Å². The number of allylic oxidation sites excluding steroid dienone is 1. The molecule has 1 amide bonds. The summed E-state index contributed by atoms with van der Waals surface area (Å²) >= 11 is 0. The number of carbonyl (C=O) groups excluding carboxylic acids is 1. The number of nitrogens with zero attached hydrogens (tertiary/aromatic N) is 3. The van der Waals surface area contributed by atoms with Crippen LogP contribution in [0.1, 0.15) is 43.1 Å². The van der Waals surface area contributed by atoms with E-state index in [0.717, 1.165) is 43.9 Å². The summed E-state index contributed by atoms with van der Waals surface area (Å²) in [5, 5.41) is 4.52. The Bertz CT molecular complexity index is 518. The first-order valence-electron chi connectivity index (χ1n) is 7.94. The molecule has 1 saturated heterocycles. The average Bonchev–Trinajstić information content (AvgIpc) is 2.71. The number of hydrogen-bond acceptors (Lipinski definition) is 2. The number of hydrogen-bond donors (Lipinski definition) is 0. The third-order valence-corrected chi connectivity index (χ3v) is 4.43. The minimum Gasteiger partial charge on any atom is -0.342 e. The van der Waals surface area contributed by atoms with Gasteiger partial charge in [0, 0.05) is 25.2 Å². The van der Waals surface area contributed by atoms with Crippen molar-refractivity contribution in [3.05, 3.63) is 29.6 Å². The smallest absolute Gasteiger partial charge is 0.222 e. The van der Waals surface area contributed by atoms with Crippen molar-refractivity contribution in [3.8, 4) is 0 Å². The highest BCUT2D eigenvalue weighted by atomic mass is 16.2. The van der Waals surface area contributed by atoms with Crippen molar-refractivity contribution in [1.82, 2.24) is 14.7 Å². The van der Waals surface area contributed by atoms with Crippen molar-refractivity contribution >= 4 is 5.91 Å². The molecule has 0 radical (unpaired) electrons. The molecule has 116 valence electrons. The van der Waals surface area contributed by atoms with E-state index in [-0.39, 0.29) is 5.91 Å². The van der Waals surface area contributed by atoms with Crippen LogP contribution in [0.5, 0.6) is 0 Å². The molecule has 2 heterocycles. The van der Waals surface area contributed by atoms with Gasteiger partial charge in [0.05, 0.1) is 12.2 Å². The highest BCUT2D eigenvalue weighted by Gasteiger charge is 2.21. The highest BCUT2D eigenvalue weighted by Crippen LogP contribution is 2.19. The molecule has 0 spiro atoms. The highest BCUT2D eigenvalue weighted by molar-refractivity contribution is 5.76. The van der Waals surface area contributed by atoms with Crippen molar-refractivity contribution in [3.63, 3.8) is 0 Å². The van der Waals surface area contributed by atoms with E-state index in [1.54, 1.807) is 0 Å². The Labute approximate surface area is 127 Å². The molecule has 2 rings (SSSR count). The topological polar surface area (TPSA) is 38.1 Å². The first kappa shape index (κ1) is 15.8. The van der Waals surface area contributed by atoms with Crippen molar-refractivity contribution in [1.29, 1.82) is 0 Å². The lowest BCUT2D eigenvalue weighted by Crippen LogP contribution is -2.39. The molecule has 0 saturated carbocycles. The molecule has 0 N–H and O–H groups in total. The maximum absolute atomic E-state index is 12.4. The molecule has 1 atom stereocenters. The van der Waals surface area contributed by atoms with E-state index in [0.29, 0.717) is 12.3 Å². The lowest BCUT2D eigenvalue weighted by molar-refractivity contribution is -0.132. The molecule has 21 heavy (non-hydrogen) atoms. The second-order valence-electron chi connectivity index (χ2n) is 6.21. The summed E-state index contributed by atoms with van der Waals surface area (Å²) in [6.45, 7) is 12.7. The number of likely N-dealkylation sites (tertiary alicyclic amines) is 1. The van der Waals surface area contributed by atoms with Crippen LogP contribution in [-0.4, -0.2) is 33.7 Å². The van der Waals surface area contributed by atoms with Crippen LogP contribution >= 0.6 is 0 Å². The lowest BCUT2D eigenvalue weighted by atomic mass is 9.99. The Balaban J connectivity index is 1.96. The van der Waals surface area contributed by atoms with E-state index >= 15 is 0 Å². The summed E-state index contributed by atoms with van der Waals surface area (Å²) in [6.07, 6.45) is 5.62. The summed E-state index contributed by atoms with van der Waals surface area (Å²) in [5.74, 6) is 0.929. The summed E-state index contributed by atoms with van der Waals surface area (Å²) < 4.78 is 1.96. The van der Waals surface area contributed by atoms with E-state index in [4.69, 9.17) is 0 Å². The standard InChI is InChI=1S/C17H27N3O/c1-5-10-20-15(4)16(14(3)18-20)8-9-17(21)19-11-6-7-13(2)12-19/h5,13H,1,6-12H2,2-4H3/t13-/m1/s1. The number of rotatable bonds is 5. The molecule has 0 aromatic carbocycles. The molecular formula is C17H27N3O. The van der Waals surface area contributed by atoms with Gasteiger partial charge in [-0.1, -0.05) is 13.0 Å². The van der Waals surface area contributed by atoms with Crippen LogP contribution in [-0.2, 0) is 17.8 Å². The van der Waals surface area contributed by atoms with E-state index < -0.39 is 0 Å². The average molecular weight is 289 g/mol. The van der Waals surface area contributed by atoms with Crippen LogP contribution in [0.2, 0.25) is 0 Å². The van der Waals surface area contributed by atoms with Crippen LogP contribution < -0.4 is 0 Å². The maximum atomic E-state index is 12.4. The molecule has 1 fully saturated rings. The van der Waals surface area contributed by atoms with Crippen LogP contribution in [0.15, 0.2) is 12.7 Å². The maximum Gasteiger partial charge on any atom is 0.222 e. The number of amides is 1. The fraction of sp³-hybridized carbons (Fsp3) is 0.647. The monoisotopic (exact) mass is 289 g/mol.